The van der Waals surface area contributed by atoms with Gasteiger partial charge in [0.05, 0.1) is 16.4 Å². The van der Waals surface area contributed by atoms with Crippen molar-refractivity contribution in [1.82, 2.24) is 31.1 Å². The summed E-state index contributed by atoms with van der Waals surface area (Å²) in [5.74, 6) is -1.25. The molecule has 2 fully saturated rings. The number of carbonyl (C=O) groups is 6. The minimum absolute atomic E-state index is 0.0152. The van der Waals surface area contributed by atoms with Crippen LogP contribution in [0.25, 0.3) is 0 Å². The van der Waals surface area contributed by atoms with Crippen molar-refractivity contribution in [2.75, 3.05) is 39.3 Å². The third-order valence-corrected chi connectivity index (χ3v) is 8.45. The van der Waals surface area contributed by atoms with Gasteiger partial charge >= 0.3 is 24.4 Å². The number of carbonyl (C=O) groups excluding carboxylic acids is 6. The topological polar surface area (TPSA) is 319 Å². The van der Waals surface area contributed by atoms with Crippen molar-refractivity contribution in [2.24, 2.45) is 10.7 Å². The molecule has 4 rings (SSSR count). The first kappa shape index (κ1) is 50.2. The summed E-state index contributed by atoms with van der Waals surface area (Å²) in [6, 6.07) is 10.1. The number of non-ortho nitro benzene ring substituents is 2. The number of nitrogens with two attached hydrogens (primary N) is 1. The van der Waals surface area contributed by atoms with E-state index in [9.17, 15) is 49.0 Å². The van der Waals surface area contributed by atoms with Gasteiger partial charge in [0.2, 0.25) is 17.8 Å². The van der Waals surface area contributed by atoms with Crippen LogP contribution < -0.4 is 27.0 Å². The van der Waals surface area contributed by atoms with Crippen molar-refractivity contribution in [2.45, 2.75) is 90.9 Å². The van der Waals surface area contributed by atoms with E-state index in [1.807, 2.05) is 20.8 Å². The van der Waals surface area contributed by atoms with Crippen molar-refractivity contribution in [3.05, 3.63) is 79.9 Å². The van der Waals surface area contributed by atoms with E-state index < -0.39 is 57.7 Å². The first-order valence-corrected chi connectivity index (χ1v) is 19.6. The number of ether oxygens (including phenoxy) is 4. The molecule has 2 aliphatic rings. The van der Waals surface area contributed by atoms with E-state index in [-0.39, 0.29) is 61.8 Å². The number of nitrogens with zero attached hydrogens (tertiary/aromatic N) is 5. The predicted octanol–water partition coefficient (Wildman–Crippen LogP) is 3.21. The van der Waals surface area contributed by atoms with Gasteiger partial charge in [0.25, 0.3) is 11.4 Å². The van der Waals surface area contributed by atoms with Crippen LogP contribution in [0.3, 0.4) is 0 Å². The van der Waals surface area contributed by atoms with E-state index in [1.54, 1.807) is 25.7 Å². The zero-order valence-electron chi connectivity index (χ0n) is 35.9. The molecule has 63 heavy (non-hydrogen) atoms. The van der Waals surface area contributed by atoms with Crippen LogP contribution in [0.4, 0.5) is 30.6 Å². The molecular formula is C39H54N10O14. The summed E-state index contributed by atoms with van der Waals surface area (Å²) < 4.78 is 20.8. The molecule has 0 radical (unpaired) electrons. The zero-order chi connectivity index (χ0) is 46.9. The van der Waals surface area contributed by atoms with Crippen molar-refractivity contribution in [1.29, 1.82) is 0 Å². The van der Waals surface area contributed by atoms with Crippen molar-refractivity contribution < 1.29 is 57.6 Å². The lowest BCUT2D eigenvalue weighted by atomic mass is 10.2. The molecular weight excluding hydrogens is 832 g/mol. The minimum Gasteiger partial charge on any atom is -0.444 e. The monoisotopic (exact) mass is 886 g/mol. The zero-order valence-corrected chi connectivity index (χ0v) is 35.9. The Morgan fingerprint density at radius 2 is 1.06 bits per heavy atom. The molecule has 0 aliphatic carbocycles. The molecule has 344 valence electrons. The molecule has 6 N–H and O–H groups in total. The largest absolute Gasteiger partial charge is 0.444 e. The van der Waals surface area contributed by atoms with Crippen LogP contribution in [0, 0.1) is 20.2 Å². The van der Waals surface area contributed by atoms with Crippen molar-refractivity contribution in [3.63, 3.8) is 0 Å². The molecule has 0 aromatic heterocycles. The van der Waals surface area contributed by atoms with Gasteiger partial charge in [0.15, 0.2) is 0 Å². The van der Waals surface area contributed by atoms with Gasteiger partial charge in [-0.25, -0.2) is 24.2 Å². The van der Waals surface area contributed by atoms with E-state index in [0.717, 1.165) is 6.42 Å². The third-order valence-electron chi connectivity index (χ3n) is 8.45. The Morgan fingerprint density at radius 1 is 0.683 bits per heavy atom. The molecule has 2 aromatic carbocycles. The predicted molar refractivity (Wildman–Crippen MR) is 223 cm³/mol. The highest BCUT2D eigenvalue weighted by Gasteiger charge is 2.32. The second-order valence-corrected chi connectivity index (χ2v) is 16.1. The maximum Gasteiger partial charge on any atom is 0.414 e. The number of benzene rings is 2. The average molecular weight is 887 g/mol. The highest BCUT2D eigenvalue weighted by atomic mass is 16.6. The number of hydrogen-bond donors (Lipinski definition) is 5. The van der Waals surface area contributed by atoms with E-state index in [0.29, 0.717) is 37.2 Å². The van der Waals surface area contributed by atoms with Crippen LogP contribution >= 0.6 is 0 Å². The molecule has 24 heteroatoms. The Bertz CT molecular complexity index is 1900. The van der Waals surface area contributed by atoms with Crippen LogP contribution in [0.15, 0.2) is 53.5 Å². The van der Waals surface area contributed by atoms with Crippen molar-refractivity contribution >= 4 is 53.5 Å². The van der Waals surface area contributed by atoms with Crippen molar-refractivity contribution in [3.8, 4) is 0 Å². The lowest BCUT2D eigenvalue weighted by Crippen LogP contribution is -2.45. The van der Waals surface area contributed by atoms with Gasteiger partial charge in [-0.1, -0.05) is 0 Å². The summed E-state index contributed by atoms with van der Waals surface area (Å²) in [6.45, 7) is 11.3. The van der Waals surface area contributed by atoms with E-state index in [2.05, 4.69) is 26.3 Å². The highest BCUT2D eigenvalue weighted by Crippen LogP contribution is 2.17. The second kappa shape index (κ2) is 23.2. The molecule has 0 unspecified atom stereocenters. The molecule has 0 spiro atoms. The molecule has 2 aromatic rings. The molecule has 6 amide bonds. The molecule has 2 atom stereocenters. The first-order chi connectivity index (χ1) is 29.5. The number of nitro groups is 2. The number of nitrogens with one attached hydrogen (secondary N) is 4. The van der Waals surface area contributed by atoms with Crippen LogP contribution in [0.2, 0.25) is 0 Å². The summed E-state index contributed by atoms with van der Waals surface area (Å²) in [5, 5.41) is 31.5. The lowest BCUT2D eigenvalue weighted by Gasteiger charge is -2.24. The fourth-order valence-electron chi connectivity index (χ4n) is 5.55. The Hall–Kier alpha value is -7.11. The fourth-order valence-corrected chi connectivity index (χ4v) is 5.55. The molecule has 2 heterocycles. The molecule has 0 bridgehead atoms. The fraction of sp³-hybridized carbons (Fsp3) is 0.513. The number of rotatable bonds is 11. The molecule has 2 aliphatic heterocycles. The Labute approximate surface area is 362 Å². The molecule has 2 saturated heterocycles. The molecule has 0 saturated carbocycles. The Morgan fingerprint density at radius 3 is 1.41 bits per heavy atom. The lowest BCUT2D eigenvalue weighted by molar-refractivity contribution is -0.385. The van der Waals surface area contributed by atoms with Crippen LogP contribution in [0.5, 0.6) is 0 Å². The van der Waals surface area contributed by atoms with E-state index in [4.69, 9.17) is 24.7 Å². The number of hydrogen-bond acceptors (Lipinski definition) is 16. The normalized spacial score (nSPS) is 15.7. The number of nitro benzene ring substituents is 2. The SMILES string of the molecule is CC(C)(C)OC(=O)N1CC[C@H](NC(=O)CN)C1.CC(C)(C)OC(=O)N1CC[C@H](NC(=O)CN=C(NC(=O)OCc2ccc([N+](=O)[O-])cc2)NC(=O)OCc2ccc([N+](=O)[O-])cc2)C1. The Kier molecular flexibility index (Phi) is 18.5. The number of amides is 6. The van der Waals surface area contributed by atoms with Gasteiger partial charge < -0.3 is 45.1 Å². The maximum atomic E-state index is 12.6. The standard InChI is InChI=1S/C28H33N7O11.C11H21N3O3/c1-28(2,3)46-27(39)33-13-12-20(15-33)30-23(36)14-29-24(31-25(37)44-16-18-4-8-21(9-5-18)34(40)41)32-26(38)45-17-19-6-10-22(11-7-19)35(42)43;1-11(2,3)17-10(16)14-5-4-8(7-14)13-9(15)6-12/h4-11,20H,12-17H2,1-3H3,(H,30,36)(H2,29,31,32,37,38);8H,4-7,12H2,1-3H3,(H,13,15)/t20-;8-/m00/s1. The Balaban J connectivity index is 0.000000519. The van der Waals surface area contributed by atoms with Crippen LogP contribution in [0.1, 0.15) is 65.5 Å². The van der Waals surface area contributed by atoms with Crippen LogP contribution in [-0.2, 0) is 41.8 Å². The van der Waals surface area contributed by atoms with Gasteiger partial charge in [-0.2, -0.15) is 0 Å². The average Bonchev–Trinajstić information content (AvgIpc) is 3.88. The van der Waals surface area contributed by atoms with Gasteiger partial charge in [0.1, 0.15) is 31.0 Å². The van der Waals surface area contributed by atoms with E-state index in [1.165, 1.54) is 53.4 Å². The first-order valence-electron chi connectivity index (χ1n) is 19.6. The van der Waals surface area contributed by atoms with Gasteiger partial charge in [-0.3, -0.25) is 40.5 Å². The quantitative estimate of drug-likeness (QED) is 0.0711. The van der Waals surface area contributed by atoms with Crippen LogP contribution in [-0.4, -0.2) is 124 Å². The highest BCUT2D eigenvalue weighted by molar-refractivity contribution is 6.02. The number of likely N-dealkylation sites (tertiary alicyclic amines) is 2. The summed E-state index contributed by atoms with van der Waals surface area (Å²) in [4.78, 5) is 100. The summed E-state index contributed by atoms with van der Waals surface area (Å²) >= 11 is 0. The second-order valence-electron chi connectivity index (χ2n) is 16.1. The van der Waals surface area contributed by atoms with Gasteiger partial charge in [0, 0.05) is 62.5 Å². The molecule has 24 nitrogen and oxygen atoms in total. The third kappa shape index (κ3) is 19.0. The minimum atomic E-state index is -1.07. The number of aliphatic imine (C=N–C) groups is 1. The number of alkyl carbamates (subject to hydrolysis) is 2. The van der Waals surface area contributed by atoms with E-state index >= 15 is 0 Å². The van der Waals surface area contributed by atoms with Gasteiger partial charge in [-0.05, 0) is 89.8 Å². The summed E-state index contributed by atoms with van der Waals surface area (Å²) in [6.07, 6.45) is -1.76. The summed E-state index contributed by atoms with van der Waals surface area (Å²) in [5.41, 5.74) is 4.63. The van der Waals surface area contributed by atoms with Gasteiger partial charge in [-0.15, -0.1) is 0 Å². The smallest absolute Gasteiger partial charge is 0.414 e. The number of guanidine groups is 1. The summed E-state index contributed by atoms with van der Waals surface area (Å²) in [7, 11) is 0. The maximum absolute atomic E-state index is 12.6.